The molecule has 0 spiro atoms. The lowest BCUT2D eigenvalue weighted by atomic mass is 10.1. The Kier molecular flexibility index (Phi) is 7.76. The molecule has 5 nitrogen and oxygen atoms in total. The maximum Gasteiger partial charge on any atom is 0.320 e. The SMILES string of the molecule is CCOC(=O)C(CCO[Si](c1ccccc1)(c1ccccc1)C(C)(C)C)C(=O)O. The standard InChI is InChI=1S/C23H30O5Si/c1-5-27-22(26)20(21(24)25)16-17-28-29(23(2,3)4,18-12-8-6-9-13-18)19-14-10-7-11-15-19/h6-15,20H,5,16-17H2,1-4H3,(H,24,25). The number of carbonyl (C=O) groups excluding carboxylic acids is 1. The summed E-state index contributed by atoms with van der Waals surface area (Å²) >= 11 is 0. The number of hydrogen-bond acceptors (Lipinski definition) is 4. The largest absolute Gasteiger partial charge is 0.481 e. The van der Waals surface area contributed by atoms with Crippen LogP contribution >= 0.6 is 0 Å². The number of rotatable bonds is 9. The summed E-state index contributed by atoms with van der Waals surface area (Å²) in [7, 11) is -2.75. The number of ether oxygens (including phenoxy) is 1. The first kappa shape index (κ1) is 22.8. The molecule has 0 aliphatic heterocycles. The highest BCUT2D eigenvalue weighted by Crippen LogP contribution is 2.36. The average Bonchev–Trinajstić information content (AvgIpc) is 2.68. The maximum atomic E-state index is 12.0. The second-order valence-corrected chi connectivity index (χ2v) is 12.2. The first-order valence-corrected chi connectivity index (χ1v) is 11.8. The molecule has 2 aromatic rings. The van der Waals surface area contributed by atoms with Crippen molar-refractivity contribution in [2.45, 2.75) is 39.2 Å². The lowest BCUT2D eigenvalue weighted by Crippen LogP contribution is -2.66. The molecule has 0 aromatic heterocycles. The Hall–Kier alpha value is -2.44. The quantitative estimate of drug-likeness (QED) is 0.387. The Balaban J connectivity index is 2.41. The molecule has 0 radical (unpaired) electrons. The van der Waals surface area contributed by atoms with E-state index in [0.29, 0.717) is 0 Å². The van der Waals surface area contributed by atoms with E-state index in [1.54, 1.807) is 6.92 Å². The van der Waals surface area contributed by atoms with E-state index in [4.69, 9.17) is 9.16 Å². The average molecular weight is 415 g/mol. The van der Waals surface area contributed by atoms with Crippen LogP contribution in [0.25, 0.3) is 0 Å². The molecule has 0 aliphatic carbocycles. The molecule has 0 heterocycles. The molecule has 0 amide bonds. The summed E-state index contributed by atoms with van der Waals surface area (Å²) in [6, 6.07) is 20.2. The van der Waals surface area contributed by atoms with E-state index in [9.17, 15) is 14.7 Å². The lowest BCUT2D eigenvalue weighted by molar-refractivity contribution is -0.159. The van der Waals surface area contributed by atoms with Gasteiger partial charge in [-0.05, 0) is 28.8 Å². The summed E-state index contributed by atoms with van der Waals surface area (Å²) in [5, 5.41) is 11.5. The molecule has 0 bridgehead atoms. The third-order valence-corrected chi connectivity index (χ3v) is 10.1. The zero-order valence-corrected chi connectivity index (χ0v) is 18.6. The molecule has 1 N–H and O–H groups in total. The highest BCUT2D eigenvalue weighted by Gasteiger charge is 2.50. The molecule has 1 unspecified atom stereocenters. The summed E-state index contributed by atoms with van der Waals surface area (Å²) in [6.45, 7) is 8.43. The van der Waals surface area contributed by atoms with Crippen LogP contribution in [0.15, 0.2) is 60.7 Å². The number of aliphatic carboxylic acids is 1. The molecule has 0 saturated carbocycles. The van der Waals surface area contributed by atoms with Crippen molar-refractivity contribution < 1.29 is 23.9 Å². The highest BCUT2D eigenvalue weighted by atomic mass is 28.4. The smallest absolute Gasteiger partial charge is 0.320 e. The van der Waals surface area contributed by atoms with Crippen LogP contribution < -0.4 is 10.4 Å². The number of carboxylic acid groups (broad SMARTS) is 1. The van der Waals surface area contributed by atoms with Gasteiger partial charge in [-0.1, -0.05) is 81.4 Å². The summed E-state index contributed by atoms with van der Waals surface area (Å²) in [4.78, 5) is 23.6. The van der Waals surface area contributed by atoms with Crippen molar-refractivity contribution in [2.24, 2.45) is 5.92 Å². The second kappa shape index (κ2) is 9.85. The van der Waals surface area contributed by atoms with Gasteiger partial charge in [0, 0.05) is 6.61 Å². The summed E-state index contributed by atoms with van der Waals surface area (Å²) < 4.78 is 11.6. The Labute approximate surface area is 173 Å². The third kappa shape index (κ3) is 5.13. The van der Waals surface area contributed by atoms with Crippen molar-refractivity contribution in [2.75, 3.05) is 13.2 Å². The van der Waals surface area contributed by atoms with E-state index in [-0.39, 0.29) is 24.7 Å². The second-order valence-electron chi connectivity index (χ2n) is 7.94. The maximum absolute atomic E-state index is 12.0. The van der Waals surface area contributed by atoms with Crippen molar-refractivity contribution in [3.8, 4) is 0 Å². The number of esters is 1. The minimum Gasteiger partial charge on any atom is -0.481 e. The van der Waals surface area contributed by atoms with E-state index in [1.165, 1.54) is 0 Å². The molecule has 6 heteroatoms. The minimum atomic E-state index is -2.75. The molecular weight excluding hydrogens is 384 g/mol. The molecule has 2 rings (SSSR count). The van der Waals surface area contributed by atoms with Gasteiger partial charge in [-0.2, -0.15) is 0 Å². The Morgan fingerprint density at radius 1 is 0.966 bits per heavy atom. The predicted octanol–water partition coefficient (Wildman–Crippen LogP) is 3.22. The van der Waals surface area contributed by atoms with Gasteiger partial charge in [-0.25, -0.2) is 0 Å². The van der Waals surface area contributed by atoms with Gasteiger partial charge in [-0.3, -0.25) is 9.59 Å². The van der Waals surface area contributed by atoms with Gasteiger partial charge in [0.2, 0.25) is 0 Å². The van der Waals surface area contributed by atoms with E-state index in [0.717, 1.165) is 10.4 Å². The van der Waals surface area contributed by atoms with Crippen molar-refractivity contribution >= 4 is 30.6 Å². The first-order valence-electron chi connectivity index (χ1n) is 9.88. The van der Waals surface area contributed by atoms with Crippen LogP contribution in [0.4, 0.5) is 0 Å². The third-order valence-electron chi connectivity index (χ3n) is 5.01. The zero-order chi connectivity index (χ0) is 21.5. The van der Waals surface area contributed by atoms with Gasteiger partial charge < -0.3 is 14.3 Å². The van der Waals surface area contributed by atoms with Crippen LogP contribution in [0.5, 0.6) is 0 Å². The summed E-state index contributed by atoms with van der Waals surface area (Å²) in [6.07, 6.45) is 0.0681. The molecule has 0 fully saturated rings. The zero-order valence-electron chi connectivity index (χ0n) is 17.6. The molecule has 156 valence electrons. The van der Waals surface area contributed by atoms with E-state index in [2.05, 4.69) is 45.0 Å². The van der Waals surface area contributed by atoms with Gasteiger partial charge in [0.1, 0.15) is 0 Å². The highest BCUT2D eigenvalue weighted by molar-refractivity contribution is 6.99. The van der Waals surface area contributed by atoms with Gasteiger partial charge in [0.15, 0.2) is 5.92 Å². The van der Waals surface area contributed by atoms with Crippen LogP contribution in [0.1, 0.15) is 34.1 Å². The molecule has 29 heavy (non-hydrogen) atoms. The molecule has 0 aliphatic rings. The Morgan fingerprint density at radius 2 is 1.45 bits per heavy atom. The predicted molar refractivity (Wildman–Crippen MR) is 116 cm³/mol. The Bertz CT molecular complexity index is 760. The summed E-state index contributed by atoms with van der Waals surface area (Å²) in [5.41, 5.74) is 0. The fourth-order valence-corrected chi connectivity index (χ4v) is 8.26. The van der Waals surface area contributed by atoms with Crippen LogP contribution in [0.3, 0.4) is 0 Å². The Morgan fingerprint density at radius 3 is 1.83 bits per heavy atom. The lowest BCUT2D eigenvalue weighted by Gasteiger charge is -2.43. The van der Waals surface area contributed by atoms with E-state index in [1.807, 2.05) is 36.4 Å². The van der Waals surface area contributed by atoms with Crippen molar-refractivity contribution in [3.63, 3.8) is 0 Å². The fourth-order valence-electron chi connectivity index (χ4n) is 3.68. The van der Waals surface area contributed by atoms with Gasteiger partial charge in [-0.15, -0.1) is 0 Å². The molecule has 0 saturated heterocycles. The van der Waals surface area contributed by atoms with Gasteiger partial charge >= 0.3 is 11.9 Å². The monoisotopic (exact) mass is 414 g/mol. The topological polar surface area (TPSA) is 72.8 Å². The van der Waals surface area contributed by atoms with Crippen LogP contribution in [0.2, 0.25) is 5.04 Å². The number of hydrogen-bond donors (Lipinski definition) is 1. The van der Waals surface area contributed by atoms with Crippen molar-refractivity contribution in [1.82, 2.24) is 0 Å². The molecule has 1 atom stereocenters. The molecule has 2 aromatic carbocycles. The van der Waals surface area contributed by atoms with Gasteiger partial charge in [0.05, 0.1) is 6.61 Å². The number of carbonyl (C=O) groups is 2. The normalized spacial score (nSPS) is 13.0. The van der Waals surface area contributed by atoms with Crippen LogP contribution in [-0.2, 0) is 18.8 Å². The van der Waals surface area contributed by atoms with Crippen LogP contribution in [-0.4, -0.2) is 38.6 Å². The van der Waals surface area contributed by atoms with Crippen molar-refractivity contribution in [3.05, 3.63) is 60.7 Å². The number of carboxylic acids is 1. The molecular formula is C23H30O5Si. The number of benzene rings is 2. The summed E-state index contributed by atoms with van der Waals surface area (Å²) in [5.74, 6) is -3.13. The van der Waals surface area contributed by atoms with E-state index < -0.39 is 26.2 Å². The van der Waals surface area contributed by atoms with Crippen molar-refractivity contribution in [1.29, 1.82) is 0 Å². The first-order chi connectivity index (χ1) is 13.7. The van der Waals surface area contributed by atoms with Crippen LogP contribution in [0, 0.1) is 5.92 Å². The fraction of sp³-hybridized carbons (Fsp3) is 0.391. The minimum absolute atomic E-state index is 0.0681. The van der Waals surface area contributed by atoms with E-state index >= 15 is 0 Å². The van der Waals surface area contributed by atoms with Gasteiger partial charge in [0.25, 0.3) is 8.32 Å².